The number of hydrogen-bond acceptors (Lipinski definition) is 4. The summed E-state index contributed by atoms with van der Waals surface area (Å²) < 4.78 is 7.41. The van der Waals surface area contributed by atoms with Crippen molar-refractivity contribution in [2.24, 2.45) is 0 Å². The lowest BCUT2D eigenvalue weighted by atomic mass is 10.0. The maximum atomic E-state index is 10.7. The molecule has 0 bridgehead atoms. The van der Waals surface area contributed by atoms with Crippen molar-refractivity contribution in [2.75, 3.05) is 12.0 Å². The third kappa shape index (κ3) is 3.90. The van der Waals surface area contributed by atoms with Gasteiger partial charge in [-0.3, -0.25) is 4.98 Å². The quantitative estimate of drug-likeness (QED) is 0.375. The summed E-state index contributed by atoms with van der Waals surface area (Å²) in [6.45, 7) is 0. The third-order valence-electron chi connectivity index (χ3n) is 5.73. The van der Waals surface area contributed by atoms with Crippen LogP contribution >= 0.6 is 23.8 Å². The van der Waals surface area contributed by atoms with Gasteiger partial charge in [-0.2, -0.15) is 0 Å². The second-order valence-electron chi connectivity index (χ2n) is 7.63. The number of rotatable bonds is 5. The smallest absolute Gasteiger partial charge is 0.174 e. The fourth-order valence-corrected chi connectivity index (χ4v) is 4.72. The molecule has 0 radical (unpaired) electrons. The van der Waals surface area contributed by atoms with Gasteiger partial charge in [0.05, 0.1) is 24.5 Å². The minimum Gasteiger partial charge on any atom is -0.506 e. The average molecular weight is 477 g/mol. The Morgan fingerprint density at radius 1 is 1.06 bits per heavy atom. The predicted molar refractivity (Wildman–Crippen MR) is 133 cm³/mol. The highest BCUT2D eigenvalue weighted by atomic mass is 35.5. The highest BCUT2D eigenvalue weighted by Crippen LogP contribution is 2.45. The van der Waals surface area contributed by atoms with E-state index >= 15 is 0 Å². The van der Waals surface area contributed by atoms with Gasteiger partial charge in [0.25, 0.3) is 0 Å². The molecule has 1 aliphatic heterocycles. The van der Waals surface area contributed by atoms with E-state index in [9.17, 15) is 5.11 Å². The zero-order valence-electron chi connectivity index (χ0n) is 17.7. The number of ether oxygens (including phenoxy) is 1. The number of hydrogen-bond donors (Lipinski definition) is 2. The van der Waals surface area contributed by atoms with Gasteiger partial charge in [0.15, 0.2) is 5.11 Å². The summed E-state index contributed by atoms with van der Waals surface area (Å²) in [5.41, 5.74) is 3.33. The molecule has 1 aliphatic rings. The fraction of sp³-hybridized carbons (Fsp3) is 0.120. The van der Waals surface area contributed by atoms with E-state index in [-0.39, 0.29) is 17.8 Å². The second kappa shape index (κ2) is 8.77. The number of phenols is 1. The lowest BCUT2D eigenvalue weighted by Crippen LogP contribution is -2.30. The number of anilines is 1. The summed E-state index contributed by atoms with van der Waals surface area (Å²) in [4.78, 5) is 6.49. The second-order valence-corrected chi connectivity index (χ2v) is 8.45. The molecule has 0 spiro atoms. The van der Waals surface area contributed by atoms with Crippen LogP contribution in [0, 0.1) is 0 Å². The van der Waals surface area contributed by atoms with Crippen LogP contribution in [0.5, 0.6) is 11.5 Å². The van der Waals surface area contributed by atoms with E-state index in [4.69, 9.17) is 28.6 Å². The number of methoxy groups -OCH3 is 1. The number of phenolic OH excluding ortho intramolecular Hbond substituents is 1. The molecule has 166 valence electrons. The van der Waals surface area contributed by atoms with Crippen LogP contribution < -0.4 is 15.0 Å². The SMILES string of the molecule is COc1ccc(-n2cccc2[C@@H]2[C@@H](c3ccccn3)NC(=S)N2c2cc(Cl)ccc2O)cc1. The highest BCUT2D eigenvalue weighted by molar-refractivity contribution is 7.80. The number of aromatic hydroxyl groups is 1. The van der Waals surface area contributed by atoms with Gasteiger partial charge in [-0.05, 0) is 78.9 Å². The maximum Gasteiger partial charge on any atom is 0.174 e. The van der Waals surface area contributed by atoms with E-state index in [2.05, 4.69) is 20.9 Å². The Balaban J connectivity index is 1.67. The summed E-state index contributed by atoms with van der Waals surface area (Å²) in [5, 5.41) is 15.1. The van der Waals surface area contributed by atoms with Gasteiger partial charge >= 0.3 is 0 Å². The highest BCUT2D eigenvalue weighted by Gasteiger charge is 2.43. The van der Waals surface area contributed by atoms with Gasteiger partial charge in [-0.25, -0.2) is 0 Å². The van der Waals surface area contributed by atoms with Gasteiger partial charge in [-0.15, -0.1) is 0 Å². The molecule has 0 aliphatic carbocycles. The number of benzene rings is 2. The average Bonchev–Trinajstić information content (AvgIpc) is 3.45. The lowest BCUT2D eigenvalue weighted by Gasteiger charge is -2.29. The zero-order valence-corrected chi connectivity index (χ0v) is 19.3. The van der Waals surface area contributed by atoms with Crippen molar-refractivity contribution < 1.29 is 9.84 Å². The molecule has 4 aromatic rings. The number of thiocarbonyl (C=S) groups is 1. The molecule has 2 aromatic heterocycles. The first kappa shape index (κ1) is 21.3. The molecule has 33 heavy (non-hydrogen) atoms. The molecule has 8 heteroatoms. The predicted octanol–water partition coefficient (Wildman–Crippen LogP) is 5.42. The van der Waals surface area contributed by atoms with Crippen molar-refractivity contribution in [2.45, 2.75) is 12.1 Å². The van der Waals surface area contributed by atoms with Crippen LogP contribution in [0.1, 0.15) is 23.5 Å². The Kier molecular flexibility index (Phi) is 5.66. The van der Waals surface area contributed by atoms with Crippen molar-refractivity contribution in [3.8, 4) is 17.2 Å². The summed E-state index contributed by atoms with van der Waals surface area (Å²) >= 11 is 12.0. The number of nitrogens with zero attached hydrogens (tertiary/aromatic N) is 3. The van der Waals surface area contributed by atoms with Crippen LogP contribution in [-0.2, 0) is 0 Å². The molecule has 0 unspecified atom stereocenters. The number of halogens is 1. The standard InChI is InChI=1S/C25H21ClN4O2S/c1-32-18-10-8-17(9-11-18)29-14-4-6-20(29)24-23(19-5-2-3-13-27-19)28-25(33)30(24)21-15-16(26)7-12-22(21)31/h2-15,23-24,31H,1H3,(H,28,33)/t23-,24-/m1/s1. The molecular formula is C25H21ClN4O2S. The molecule has 2 aromatic carbocycles. The molecule has 6 nitrogen and oxygen atoms in total. The minimum atomic E-state index is -0.297. The summed E-state index contributed by atoms with van der Waals surface area (Å²) in [6, 6.07) is 22.1. The fourth-order valence-electron chi connectivity index (χ4n) is 4.22. The lowest BCUT2D eigenvalue weighted by molar-refractivity contribution is 0.414. The monoisotopic (exact) mass is 476 g/mol. The molecule has 2 N–H and O–H groups in total. The number of nitrogens with one attached hydrogen (secondary N) is 1. The van der Waals surface area contributed by atoms with Gasteiger partial charge in [0, 0.05) is 28.8 Å². The van der Waals surface area contributed by atoms with Gasteiger partial charge in [0.1, 0.15) is 17.5 Å². The van der Waals surface area contributed by atoms with Crippen LogP contribution in [0.4, 0.5) is 5.69 Å². The summed E-state index contributed by atoms with van der Waals surface area (Å²) in [7, 11) is 1.65. The molecule has 3 heterocycles. The van der Waals surface area contributed by atoms with Crippen LogP contribution in [0.15, 0.2) is 85.2 Å². The Hall–Kier alpha value is -3.55. The van der Waals surface area contributed by atoms with E-state index in [1.54, 1.807) is 31.5 Å². The first-order chi connectivity index (χ1) is 16.1. The van der Waals surface area contributed by atoms with E-state index in [1.807, 2.05) is 59.6 Å². The summed E-state index contributed by atoms with van der Waals surface area (Å²) in [5.74, 6) is 0.880. The normalized spacial score (nSPS) is 17.8. The largest absolute Gasteiger partial charge is 0.506 e. The summed E-state index contributed by atoms with van der Waals surface area (Å²) in [6.07, 6.45) is 3.77. The molecule has 0 saturated carbocycles. The molecule has 2 atom stereocenters. The molecule has 1 saturated heterocycles. The Bertz CT molecular complexity index is 1290. The minimum absolute atomic E-state index is 0.0952. The number of aromatic nitrogens is 2. The Labute approximate surface area is 202 Å². The van der Waals surface area contributed by atoms with Crippen LogP contribution in [0.2, 0.25) is 5.02 Å². The van der Waals surface area contributed by atoms with Crippen LogP contribution in [0.25, 0.3) is 5.69 Å². The maximum absolute atomic E-state index is 10.7. The molecular weight excluding hydrogens is 456 g/mol. The van der Waals surface area contributed by atoms with E-state index in [1.165, 1.54) is 0 Å². The molecule has 0 amide bonds. The van der Waals surface area contributed by atoms with Crippen LogP contribution in [-0.4, -0.2) is 26.9 Å². The Morgan fingerprint density at radius 3 is 2.61 bits per heavy atom. The van der Waals surface area contributed by atoms with Gasteiger partial charge in [-0.1, -0.05) is 17.7 Å². The van der Waals surface area contributed by atoms with Crippen molar-refractivity contribution >= 4 is 34.6 Å². The molecule has 5 rings (SSSR count). The van der Waals surface area contributed by atoms with E-state index in [0.29, 0.717) is 15.8 Å². The zero-order chi connectivity index (χ0) is 22.9. The first-order valence-electron chi connectivity index (χ1n) is 10.4. The van der Waals surface area contributed by atoms with E-state index in [0.717, 1.165) is 22.8 Å². The Morgan fingerprint density at radius 2 is 1.88 bits per heavy atom. The van der Waals surface area contributed by atoms with Gasteiger partial charge < -0.3 is 24.6 Å². The van der Waals surface area contributed by atoms with Crippen molar-refractivity contribution in [3.05, 3.63) is 102 Å². The topological polar surface area (TPSA) is 62.5 Å². The van der Waals surface area contributed by atoms with Crippen molar-refractivity contribution in [1.82, 2.24) is 14.9 Å². The van der Waals surface area contributed by atoms with Crippen LogP contribution in [0.3, 0.4) is 0 Å². The first-order valence-corrected chi connectivity index (χ1v) is 11.2. The number of pyridine rings is 1. The molecule has 1 fully saturated rings. The van der Waals surface area contributed by atoms with Gasteiger partial charge in [0.2, 0.25) is 0 Å². The van der Waals surface area contributed by atoms with E-state index < -0.39 is 0 Å². The third-order valence-corrected chi connectivity index (χ3v) is 6.28. The van der Waals surface area contributed by atoms with Crippen molar-refractivity contribution in [3.63, 3.8) is 0 Å². The van der Waals surface area contributed by atoms with Crippen molar-refractivity contribution in [1.29, 1.82) is 0 Å².